The van der Waals surface area contributed by atoms with Crippen LogP contribution in [0, 0.1) is 0 Å². The van der Waals surface area contributed by atoms with Crippen LogP contribution < -0.4 is 10.0 Å². The molecule has 3 aromatic rings. The third-order valence-corrected chi connectivity index (χ3v) is 5.21. The molecule has 6 nitrogen and oxygen atoms in total. The van der Waals surface area contributed by atoms with Gasteiger partial charge in [0, 0.05) is 23.5 Å². The smallest absolute Gasteiger partial charge is 0.240 e. The molecule has 0 aliphatic heterocycles. The van der Waals surface area contributed by atoms with Gasteiger partial charge in [0.15, 0.2) is 0 Å². The molecular formula is C19H20N4O2S. The van der Waals surface area contributed by atoms with E-state index in [4.69, 9.17) is 0 Å². The average molecular weight is 368 g/mol. The lowest BCUT2D eigenvalue weighted by molar-refractivity contribution is 0.570. The maximum Gasteiger partial charge on any atom is 0.240 e. The number of sulfonamides is 1. The number of hydrogen-bond acceptors (Lipinski definition) is 5. The van der Waals surface area contributed by atoms with Crippen molar-refractivity contribution in [1.29, 1.82) is 0 Å². The fraction of sp³-hybridized carbons (Fsp3) is 0.158. The van der Waals surface area contributed by atoms with E-state index in [1.165, 1.54) is 0 Å². The Balaban J connectivity index is 1.78. The summed E-state index contributed by atoms with van der Waals surface area (Å²) in [5, 5.41) is 3.10. The first-order valence-electron chi connectivity index (χ1n) is 8.22. The molecule has 0 saturated carbocycles. The first kappa shape index (κ1) is 18.0. The van der Waals surface area contributed by atoms with Crippen molar-refractivity contribution >= 4 is 21.7 Å². The molecule has 0 aliphatic carbocycles. The molecule has 0 saturated heterocycles. The Morgan fingerprint density at radius 3 is 2.27 bits per heavy atom. The predicted molar refractivity (Wildman–Crippen MR) is 103 cm³/mol. The number of aromatic nitrogens is 2. The van der Waals surface area contributed by atoms with Crippen molar-refractivity contribution in [3.8, 4) is 11.3 Å². The number of nitrogens with zero attached hydrogens (tertiary/aromatic N) is 2. The van der Waals surface area contributed by atoms with E-state index in [0.717, 1.165) is 11.3 Å². The molecule has 0 amide bonds. The van der Waals surface area contributed by atoms with Crippen molar-refractivity contribution in [2.24, 2.45) is 0 Å². The van der Waals surface area contributed by atoms with E-state index in [0.29, 0.717) is 11.6 Å². The van der Waals surface area contributed by atoms with Gasteiger partial charge in [-0.1, -0.05) is 30.3 Å². The highest BCUT2D eigenvalue weighted by Crippen LogP contribution is 2.20. The van der Waals surface area contributed by atoms with Crippen molar-refractivity contribution in [3.63, 3.8) is 0 Å². The number of hydrogen-bond donors (Lipinski definition) is 2. The van der Waals surface area contributed by atoms with Gasteiger partial charge in [-0.15, -0.1) is 0 Å². The monoisotopic (exact) mass is 368 g/mol. The number of anilines is 2. The van der Waals surface area contributed by atoms with Crippen LogP contribution >= 0.6 is 0 Å². The quantitative estimate of drug-likeness (QED) is 0.695. The van der Waals surface area contributed by atoms with Crippen LogP contribution in [0.3, 0.4) is 0 Å². The lowest BCUT2D eigenvalue weighted by Gasteiger charge is -2.10. The molecule has 0 spiro atoms. The van der Waals surface area contributed by atoms with Crippen LogP contribution in [0.15, 0.2) is 71.8 Å². The minimum atomic E-state index is -3.50. The topological polar surface area (TPSA) is 84.0 Å². The van der Waals surface area contributed by atoms with Gasteiger partial charge < -0.3 is 5.32 Å². The summed E-state index contributed by atoms with van der Waals surface area (Å²) in [6, 6.07) is 18.0. The molecule has 0 atom stereocenters. The van der Waals surface area contributed by atoms with Crippen molar-refractivity contribution < 1.29 is 8.42 Å². The van der Waals surface area contributed by atoms with Crippen molar-refractivity contribution in [1.82, 2.24) is 14.7 Å². The van der Waals surface area contributed by atoms with E-state index in [-0.39, 0.29) is 10.9 Å². The van der Waals surface area contributed by atoms with E-state index in [1.807, 2.05) is 36.4 Å². The maximum absolute atomic E-state index is 12.2. The van der Waals surface area contributed by atoms with E-state index in [2.05, 4.69) is 20.0 Å². The van der Waals surface area contributed by atoms with Crippen LogP contribution in [0.2, 0.25) is 0 Å². The Morgan fingerprint density at radius 1 is 0.923 bits per heavy atom. The van der Waals surface area contributed by atoms with Gasteiger partial charge in [0.1, 0.15) is 0 Å². The molecular weight excluding hydrogens is 348 g/mol. The van der Waals surface area contributed by atoms with Crippen LogP contribution in [0.5, 0.6) is 0 Å². The van der Waals surface area contributed by atoms with Gasteiger partial charge in [0.05, 0.1) is 10.6 Å². The van der Waals surface area contributed by atoms with E-state index in [9.17, 15) is 8.42 Å². The van der Waals surface area contributed by atoms with Crippen LogP contribution in [0.25, 0.3) is 11.3 Å². The molecule has 0 unspecified atom stereocenters. The summed E-state index contributed by atoms with van der Waals surface area (Å²) in [7, 11) is -3.50. The zero-order valence-electron chi connectivity index (χ0n) is 14.5. The Labute approximate surface area is 153 Å². The van der Waals surface area contributed by atoms with Crippen LogP contribution in [-0.4, -0.2) is 24.4 Å². The van der Waals surface area contributed by atoms with Gasteiger partial charge in [-0.05, 0) is 44.2 Å². The Bertz CT molecular complexity index is 972. The fourth-order valence-electron chi connectivity index (χ4n) is 2.41. The van der Waals surface area contributed by atoms with E-state index in [1.54, 1.807) is 44.3 Å². The van der Waals surface area contributed by atoms with E-state index < -0.39 is 10.0 Å². The van der Waals surface area contributed by atoms with Crippen LogP contribution in [-0.2, 0) is 10.0 Å². The lowest BCUT2D eigenvalue weighted by Crippen LogP contribution is -2.30. The number of benzene rings is 2. The zero-order valence-corrected chi connectivity index (χ0v) is 15.4. The molecule has 7 heteroatoms. The summed E-state index contributed by atoms with van der Waals surface area (Å²) in [6.07, 6.45) is 1.68. The second kappa shape index (κ2) is 7.63. The van der Waals surface area contributed by atoms with Crippen molar-refractivity contribution in [2.75, 3.05) is 5.32 Å². The second-order valence-electron chi connectivity index (χ2n) is 6.06. The SMILES string of the molecule is CC(C)NS(=O)(=O)c1ccc(Nc2nccc(-c3ccccc3)n2)cc1. The maximum atomic E-state index is 12.2. The summed E-state index contributed by atoms with van der Waals surface area (Å²) in [5.41, 5.74) is 2.52. The summed E-state index contributed by atoms with van der Waals surface area (Å²) >= 11 is 0. The third-order valence-electron chi connectivity index (χ3n) is 3.54. The lowest BCUT2D eigenvalue weighted by atomic mass is 10.1. The van der Waals surface area contributed by atoms with Gasteiger partial charge in [-0.3, -0.25) is 0 Å². The summed E-state index contributed by atoms with van der Waals surface area (Å²) in [4.78, 5) is 8.93. The van der Waals surface area contributed by atoms with Gasteiger partial charge in [-0.2, -0.15) is 0 Å². The van der Waals surface area contributed by atoms with Crippen LogP contribution in [0.1, 0.15) is 13.8 Å². The standard InChI is InChI=1S/C19H20N4O2S/c1-14(2)23-26(24,25)17-10-8-16(9-11-17)21-19-20-13-12-18(22-19)15-6-4-3-5-7-15/h3-14,23H,1-2H3,(H,20,21,22). The minimum absolute atomic E-state index is 0.160. The molecule has 0 fully saturated rings. The highest BCUT2D eigenvalue weighted by atomic mass is 32.2. The van der Waals surface area contributed by atoms with E-state index >= 15 is 0 Å². The molecule has 2 N–H and O–H groups in total. The summed E-state index contributed by atoms with van der Waals surface area (Å²) < 4.78 is 26.9. The van der Waals surface area contributed by atoms with Gasteiger partial charge in [0.25, 0.3) is 0 Å². The fourth-order valence-corrected chi connectivity index (χ4v) is 3.66. The van der Waals surface area contributed by atoms with Crippen molar-refractivity contribution in [3.05, 3.63) is 66.9 Å². The molecule has 1 heterocycles. The molecule has 0 bridgehead atoms. The largest absolute Gasteiger partial charge is 0.324 e. The van der Waals surface area contributed by atoms with Crippen LogP contribution in [0.4, 0.5) is 11.6 Å². The highest BCUT2D eigenvalue weighted by molar-refractivity contribution is 7.89. The van der Waals surface area contributed by atoms with Gasteiger partial charge >= 0.3 is 0 Å². The molecule has 0 radical (unpaired) electrons. The second-order valence-corrected chi connectivity index (χ2v) is 7.77. The normalized spacial score (nSPS) is 11.5. The number of rotatable bonds is 6. The molecule has 1 aromatic heterocycles. The minimum Gasteiger partial charge on any atom is -0.324 e. The summed E-state index contributed by atoms with van der Waals surface area (Å²) in [5.74, 6) is 0.447. The predicted octanol–water partition coefficient (Wildman–Crippen LogP) is 3.57. The third kappa shape index (κ3) is 4.44. The van der Waals surface area contributed by atoms with Gasteiger partial charge in [-0.25, -0.2) is 23.1 Å². The number of nitrogens with one attached hydrogen (secondary N) is 2. The molecule has 134 valence electrons. The molecule has 0 aliphatic rings. The first-order valence-corrected chi connectivity index (χ1v) is 9.70. The summed E-state index contributed by atoms with van der Waals surface area (Å²) in [6.45, 7) is 3.56. The Morgan fingerprint density at radius 2 is 1.62 bits per heavy atom. The Kier molecular flexibility index (Phi) is 5.29. The Hall–Kier alpha value is -2.77. The van der Waals surface area contributed by atoms with Crippen molar-refractivity contribution in [2.45, 2.75) is 24.8 Å². The average Bonchev–Trinajstić information content (AvgIpc) is 2.62. The molecule has 26 heavy (non-hydrogen) atoms. The molecule has 2 aromatic carbocycles. The first-order chi connectivity index (χ1) is 12.4. The highest BCUT2D eigenvalue weighted by Gasteiger charge is 2.15. The van der Waals surface area contributed by atoms with Gasteiger partial charge in [0.2, 0.25) is 16.0 Å². The molecule has 3 rings (SSSR count). The zero-order chi connectivity index (χ0) is 18.6.